The van der Waals surface area contributed by atoms with E-state index in [2.05, 4.69) is 5.32 Å². The van der Waals surface area contributed by atoms with Crippen molar-refractivity contribution < 1.29 is 9.59 Å². The predicted molar refractivity (Wildman–Crippen MR) is 81.4 cm³/mol. The van der Waals surface area contributed by atoms with Gasteiger partial charge in [-0.05, 0) is 25.8 Å². The molecule has 1 heterocycles. The van der Waals surface area contributed by atoms with E-state index in [0.717, 1.165) is 5.56 Å². The van der Waals surface area contributed by atoms with Crippen molar-refractivity contribution in [2.45, 2.75) is 25.8 Å². The van der Waals surface area contributed by atoms with E-state index in [4.69, 9.17) is 5.73 Å². The molecule has 2 atom stereocenters. The van der Waals surface area contributed by atoms with Crippen LogP contribution in [0.2, 0.25) is 0 Å². The van der Waals surface area contributed by atoms with Gasteiger partial charge in [0, 0.05) is 20.1 Å². The molecule has 5 heteroatoms. The maximum atomic E-state index is 12.7. The number of carbonyl (C=O) groups is 2. The molecule has 2 amide bonds. The van der Waals surface area contributed by atoms with Crippen molar-refractivity contribution in [2.75, 3.05) is 20.1 Å². The van der Waals surface area contributed by atoms with Crippen molar-refractivity contribution in [3.63, 3.8) is 0 Å². The van der Waals surface area contributed by atoms with E-state index < -0.39 is 11.0 Å². The first-order chi connectivity index (χ1) is 9.81. The van der Waals surface area contributed by atoms with E-state index in [0.29, 0.717) is 19.5 Å². The Bertz CT molecular complexity index is 542. The molecule has 0 spiro atoms. The zero-order valence-electron chi connectivity index (χ0n) is 12.8. The second-order valence-electron chi connectivity index (χ2n) is 6.18. The molecule has 1 aromatic carbocycles. The quantitative estimate of drug-likeness (QED) is 0.866. The van der Waals surface area contributed by atoms with Crippen molar-refractivity contribution in [3.05, 3.63) is 35.9 Å². The van der Waals surface area contributed by atoms with Crippen LogP contribution in [-0.2, 0) is 15.1 Å². The van der Waals surface area contributed by atoms with Crippen molar-refractivity contribution in [1.82, 2.24) is 10.2 Å². The lowest BCUT2D eigenvalue weighted by atomic mass is 9.88. The minimum Gasteiger partial charge on any atom is -0.359 e. The van der Waals surface area contributed by atoms with Crippen LogP contribution in [0.1, 0.15) is 25.8 Å². The fourth-order valence-corrected chi connectivity index (χ4v) is 2.86. The number of nitrogens with two attached hydrogens (primary N) is 1. The van der Waals surface area contributed by atoms with Gasteiger partial charge >= 0.3 is 0 Å². The standard InChI is InChI=1S/C16H23N3O2/c1-15(13(20)18-3)9-10-19(11-15)14(21)16(2,17)12-7-5-4-6-8-12/h4-8H,9-11,17H2,1-3H3,(H,18,20). The summed E-state index contributed by atoms with van der Waals surface area (Å²) >= 11 is 0. The maximum absolute atomic E-state index is 12.7. The van der Waals surface area contributed by atoms with Crippen LogP contribution in [0.25, 0.3) is 0 Å². The van der Waals surface area contributed by atoms with E-state index in [9.17, 15) is 9.59 Å². The average molecular weight is 289 g/mol. The first-order valence-corrected chi connectivity index (χ1v) is 7.17. The van der Waals surface area contributed by atoms with Gasteiger partial charge in [-0.2, -0.15) is 0 Å². The lowest BCUT2D eigenvalue weighted by molar-refractivity contribution is -0.137. The Hall–Kier alpha value is -1.88. The van der Waals surface area contributed by atoms with Gasteiger partial charge in [-0.1, -0.05) is 30.3 Å². The summed E-state index contributed by atoms with van der Waals surface area (Å²) in [5.41, 5.74) is 5.44. The summed E-state index contributed by atoms with van der Waals surface area (Å²) in [5, 5.41) is 2.67. The third kappa shape index (κ3) is 2.78. The molecule has 0 aromatic heterocycles. The summed E-state index contributed by atoms with van der Waals surface area (Å²) in [6, 6.07) is 9.33. The lowest BCUT2D eigenvalue weighted by Gasteiger charge is -2.30. The summed E-state index contributed by atoms with van der Waals surface area (Å²) in [7, 11) is 1.62. The Kier molecular flexibility index (Phi) is 4.05. The molecule has 21 heavy (non-hydrogen) atoms. The molecule has 2 unspecified atom stereocenters. The van der Waals surface area contributed by atoms with Crippen LogP contribution in [-0.4, -0.2) is 36.9 Å². The van der Waals surface area contributed by atoms with Gasteiger partial charge in [-0.15, -0.1) is 0 Å². The van der Waals surface area contributed by atoms with Gasteiger partial charge in [0.15, 0.2) is 0 Å². The van der Waals surface area contributed by atoms with Crippen LogP contribution in [0, 0.1) is 5.41 Å². The topological polar surface area (TPSA) is 75.4 Å². The number of carbonyl (C=O) groups excluding carboxylic acids is 2. The number of benzene rings is 1. The molecule has 0 aliphatic carbocycles. The first-order valence-electron chi connectivity index (χ1n) is 7.17. The molecule has 1 saturated heterocycles. The molecule has 1 fully saturated rings. The molecule has 114 valence electrons. The molecule has 2 rings (SSSR count). The largest absolute Gasteiger partial charge is 0.359 e. The van der Waals surface area contributed by atoms with Crippen LogP contribution in [0.5, 0.6) is 0 Å². The number of rotatable bonds is 3. The molecular weight excluding hydrogens is 266 g/mol. The van der Waals surface area contributed by atoms with Gasteiger partial charge in [-0.3, -0.25) is 9.59 Å². The predicted octanol–water partition coefficient (Wildman–Crippen LogP) is 0.845. The number of likely N-dealkylation sites (tertiary alicyclic amines) is 1. The Labute approximate surface area is 125 Å². The SMILES string of the molecule is CNC(=O)C1(C)CCN(C(=O)C(C)(N)c2ccccc2)C1. The Morgan fingerprint density at radius 1 is 1.33 bits per heavy atom. The summed E-state index contributed by atoms with van der Waals surface area (Å²) in [5.74, 6) is -0.169. The highest BCUT2D eigenvalue weighted by Gasteiger charge is 2.45. The summed E-state index contributed by atoms with van der Waals surface area (Å²) in [4.78, 5) is 26.4. The Balaban J connectivity index is 2.17. The zero-order valence-corrected chi connectivity index (χ0v) is 12.8. The van der Waals surface area contributed by atoms with Crippen LogP contribution >= 0.6 is 0 Å². The first kappa shape index (κ1) is 15.5. The fraction of sp³-hybridized carbons (Fsp3) is 0.500. The molecule has 1 aliphatic rings. The lowest BCUT2D eigenvalue weighted by Crippen LogP contribution is -2.51. The van der Waals surface area contributed by atoms with Crippen LogP contribution in [0.4, 0.5) is 0 Å². The van der Waals surface area contributed by atoms with Gasteiger partial charge in [0.05, 0.1) is 5.41 Å². The Morgan fingerprint density at radius 3 is 2.52 bits per heavy atom. The number of nitrogens with one attached hydrogen (secondary N) is 1. The van der Waals surface area contributed by atoms with Crippen molar-refractivity contribution >= 4 is 11.8 Å². The van der Waals surface area contributed by atoms with E-state index in [1.54, 1.807) is 18.9 Å². The average Bonchev–Trinajstić information content (AvgIpc) is 2.90. The van der Waals surface area contributed by atoms with Gasteiger partial charge in [0.2, 0.25) is 11.8 Å². The van der Waals surface area contributed by atoms with Crippen molar-refractivity contribution in [3.8, 4) is 0 Å². The maximum Gasteiger partial charge on any atom is 0.247 e. The second-order valence-corrected chi connectivity index (χ2v) is 6.18. The normalized spacial score (nSPS) is 24.5. The fourth-order valence-electron chi connectivity index (χ4n) is 2.86. The van der Waals surface area contributed by atoms with Crippen LogP contribution in [0.15, 0.2) is 30.3 Å². The molecule has 1 aliphatic heterocycles. The number of hydrogen-bond donors (Lipinski definition) is 2. The molecular formula is C16H23N3O2. The molecule has 0 bridgehead atoms. The monoisotopic (exact) mass is 289 g/mol. The van der Waals surface area contributed by atoms with Gasteiger partial charge in [-0.25, -0.2) is 0 Å². The van der Waals surface area contributed by atoms with E-state index in [1.165, 1.54) is 0 Å². The second kappa shape index (κ2) is 5.48. The smallest absolute Gasteiger partial charge is 0.247 e. The highest BCUT2D eigenvalue weighted by Crippen LogP contribution is 2.32. The number of hydrogen-bond acceptors (Lipinski definition) is 3. The summed E-state index contributed by atoms with van der Waals surface area (Å²) in [6.07, 6.45) is 0.656. The van der Waals surface area contributed by atoms with E-state index in [-0.39, 0.29) is 11.8 Å². The molecule has 3 N–H and O–H groups in total. The third-order valence-electron chi connectivity index (χ3n) is 4.35. The van der Waals surface area contributed by atoms with Crippen LogP contribution in [0.3, 0.4) is 0 Å². The van der Waals surface area contributed by atoms with Gasteiger partial charge < -0.3 is 16.0 Å². The number of amides is 2. The van der Waals surface area contributed by atoms with Gasteiger partial charge in [0.1, 0.15) is 5.54 Å². The zero-order chi connectivity index (χ0) is 15.7. The van der Waals surface area contributed by atoms with E-state index in [1.807, 2.05) is 37.3 Å². The van der Waals surface area contributed by atoms with Crippen molar-refractivity contribution in [2.24, 2.45) is 11.1 Å². The Morgan fingerprint density at radius 2 is 1.95 bits per heavy atom. The van der Waals surface area contributed by atoms with Crippen molar-refractivity contribution in [1.29, 1.82) is 0 Å². The highest BCUT2D eigenvalue weighted by molar-refractivity contribution is 5.89. The molecule has 5 nitrogen and oxygen atoms in total. The van der Waals surface area contributed by atoms with E-state index >= 15 is 0 Å². The minimum atomic E-state index is -1.07. The summed E-state index contributed by atoms with van der Waals surface area (Å²) < 4.78 is 0. The number of nitrogens with zero attached hydrogens (tertiary/aromatic N) is 1. The molecule has 1 aromatic rings. The highest BCUT2D eigenvalue weighted by atomic mass is 16.2. The molecule has 0 saturated carbocycles. The van der Waals surface area contributed by atoms with Gasteiger partial charge in [0.25, 0.3) is 0 Å². The minimum absolute atomic E-state index is 0.0313. The molecule has 0 radical (unpaired) electrons. The van der Waals surface area contributed by atoms with Crippen LogP contribution < -0.4 is 11.1 Å². The summed E-state index contributed by atoms with van der Waals surface area (Å²) in [6.45, 7) is 4.57. The third-order valence-corrected chi connectivity index (χ3v) is 4.35.